The van der Waals surface area contributed by atoms with Crippen molar-refractivity contribution in [3.05, 3.63) is 88.4 Å². The Labute approximate surface area is 213 Å². The number of benzene rings is 3. The first-order valence-electron chi connectivity index (χ1n) is 11.1. The van der Waals surface area contributed by atoms with E-state index >= 15 is 0 Å². The van der Waals surface area contributed by atoms with Crippen LogP contribution in [-0.2, 0) is 10.0 Å². The molecule has 1 aromatic heterocycles. The zero-order valence-electron chi connectivity index (χ0n) is 18.5. The summed E-state index contributed by atoms with van der Waals surface area (Å²) in [6, 6.07) is 20.6. The summed E-state index contributed by atoms with van der Waals surface area (Å²) in [5.74, 6) is -0.420. The SMILES string of the molecule is O=C(Nc1cc(S(=O)(=O)N2CCCC2)ccc1Cl)c1cc(-c2ccc(Cl)cc2)nc2ccccc12. The first-order valence-corrected chi connectivity index (χ1v) is 13.3. The van der Waals surface area contributed by atoms with Gasteiger partial charge < -0.3 is 5.32 Å². The number of sulfonamides is 1. The smallest absolute Gasteiger partial charge is 0.256 e. The third kappa shape index (κ3) is 4.77. The Morgan fingerprint density at radius 1 is 0.914 bits per heavy atom. The number of halogens is 2. The summed E-state index contributed by atoms with van der Waals surface area (Å²) in [6.07, 6.45) is 1.67. The van der Waals surface area contributed by atoms with Crippen LogP contribution in [0.5, 0.6) is 0 Å². The zero-order chi connectivity index (χ0) is 24.6. The number of anilines is 1. The first kappa shape index (κ1) is 23.8. The van der Waals surface area contributed by atoms with Gasteiger partial charge in [-0.1, -0.05) is 53.5 Å². The van der Waals surface area contributed by atoms with E-state index in [0.717, 1.165) is 18.4 Å². The second-order valence-corrected chi connectivity index (χ2v) is 11.1. The van der Waals surface area contributed by atoms with Crippen molar-refractivity contribution in [2.75, 3.05) is 18.4 Å². The number of fused-ring (bicyclic) bond motifs is 1. The van der Waals surface area contributed by atoms with E-state index in [1.165, 1.54) is 22.5 Å². The maximum atomic E-state index is 13.5. The van der Waals surface area contributed by atoms with Gasteiger partial charge in [0.05, 0.1) is 32.4 Å². The highest BCUT2D eigenvalue weighted by molar-refractivity contribution is 7.89. The van der Waals surface area contributed by atoms with Crippen LogP contribution in [0.4, 0.5) is 5.69 Å². The maximum absolute atomic E-state index is 13.5. The lowest BCUT2D eigenvalue weighted by Crippen LogP contribution is -2.28. The summed E-state index contributed by atoms with van der Waals surface area (Å²) < 4.78 is 27.5. The summed E-state index contributed by atoms with van der Waals surface area (Å²) in [4.78, 5) is 18.3. The van der Waals surface area contributed by atoms with Gasteiger partial charge in [0.15, 0.2) is 0 Å². The minimum Gasteiger partial charge on any atom is -0.321 e. The molecule has 0 aliphatic carbocycles. The van der Waals surface area contributed by atoms with E-state index in [1.807, 2.05) is 36.4 Å². The molecule has 2 heterocycles. The number of para-hydroxylation sites is 1. The summed E-state index contributed by atoms with van der Waals surface area (Å²) in [5.41, 5.74) is 2.70. The topological polar surface area (TPSA) is 79.4 Å². The van der Waals surface area contributed by atoms with Gasteiger partial charge >= 0.3 is 0 Å². The molecule has 1 amide bonds. The Bertz CT molecular complexity index is 1530. The van der Waals surface area contributed by atoms with Gasteiger partial charge in [-0.25, -0.2) is 13.4 Å². The van der Waals surface area contributed by atoms with Gasteiger partial charge in [-0.2, -0.15) is 4.31 Å². The average Bonchev–Trinajstić information content (AvgIpc) is 3.41. The Morgan fingerprint density at radius 3 is 2.37 bits per heavy atom. The molecule has 1 fully saturated rings. The standard InChI is InChI=1S/C26H21Cl2N3O3S/c27-18-9-7-17(8-10-18)24-16-21(20-5-1-2-6-23(20)29-24)26(32)30-25-15-19(11-12-22(25)28)35(33,34)31-13-3-4-14-31/h1-2,5-12,15-16H,3-4,13-14H2,(H,30,32). The van der Waals surface area contributed by atoms with Crippen LogP contribution in [0.15, 0.2) is 77.7 Å². The minimum atomic E-state index is -3.66. The number of carbonyl (C=O) groups excluding carboxylic acids is 1. The second-order valence-electron chi connectivity index (χ2n) is 8.29. The fraction of sp³-hybridized carbons (Fsp3) is 0.154. The molecular weight excluding hydrogens is 505 g/mol. The van der Waals surface area contributed by atoms with Gasteiger partial charge in [0.2, 0.25) is 10.0 Å². The van der Waals surface area contributed by atoms with Crippen molar-refractivity contribution >= 4 is 55.7 Å². The van der Waals surface area contributed by atoms with E-state index in [0.29, 0.717) is 40.3 Å². The molecule has 1 aliphatic rings. The van der Waals surface area contributed by atoms with E-state index in [4.69, 9.17) is 28.2 Å². The lowest BCUT2D eigenvalue weighted by atomic mass is 10.0. The van der Waals surface area contributed by atoms with Gasteiger partial charge in [0.1, 0.15) is 0 Å². The van der Waals surface area contributed by atoms with Crippen molar-refractivity contribution < 1.29 is 13.2 Å². The molecule has 3 aromatic carbocycles. The predicted molar refractivity (Wildman–Crippen MR) is 140 cm³/mol. The Kier molecular flexibility index (Phi) is 6.51. The molecule has 0 unspecified atom stereocenters. The van der Waals surface area contributed by atoms with E-state index in [9.17, 15) is 13.2 Å². The molecule has 9 heteroatoms. The van der Waals surface area contributed by atoms with Crippen LogP contribution in [-0.4, -0.2) is 36.7 Å². The third-order valence-corrected chi connectivity index (χ3v) is 8.47. The molecule has 0 saturated carbocycles. The van der Waals surface area contributed by atoms with Crippen LogP contribution in [0.3, 0.4) is 0 Å². The number of rotatable bonds is 5. The van der Waals surface area contributed by atoms with Gasteiger partial charge in [-0.15, -0.1) is 0 Å². The highest BCUT2D eigenvalue weighted by Crippen LogP contribution is 2.31. The molecule has 1 N–H and O–H groups in total. The van der Waals surface area contributed by atoms with Gasteiger partial charge in [0, 0.05) is 29.1 Å². The van der Waals surface area contributed by atoms with Crippen molar-refractivity contribution in [1.29, 1.82) is 0 Å². The van der Waals surface area contributed by atoms with Crippen LogP contribution in [0.25, 0.3) is 22.2 Å². The monoisotopic (exact) mass is 525 g/mol. The lowest BCUT2D eigenvalue weighted by Gasteiger charge is -2.17. The van der Waals surface area contributed by atoms with Crippen LogP contribution < -0.4 is 5.32 Å². The van der Waals surface area contributed by atoms with Crippen molar-refractivity contribution in [2.45, 2.75) is 17.7 Å². The van der Waals surface area contributed by atoms with Crippen LogP contribution >= 0.6 is 23.2 Å². The number of nitrogens with zero attached hydrogens (tertiary/aromatic N) is 2. The fourth-order valence-corrected chi connectivity index (χ4v) is 5.99. The Balaban J connectivity index is 1.53. The highest BCUT2D eigenvalue weighted by atomic mass is 35.5. The number of pyridine rings is 1. The van der Waals surface area contributed by atoms with Gasteiger partial charge in [-0.3, -0.25) is 4.79 Å². The second kappa shape index (κ2) is 9.59. The largest absolute Gasteiger partial charge is 0.321 e. The molecule has 178 valence electrons. The molecule has 0 spiro atoms. The fourth-order valence-electron chi connectivity index (χ4n) is 4.16. The number of hydrogen-bond acceptors (Lipinski definition) is 4. The van der Waals surface area contributed by atoms with E-state index in [-0.39, 0.29) is 15.6 Å². The molecule has 0 bridgehead atoms. The average molecular weight is 526 g/mol. The van der Waals surface area contributed by atoms with Crippen LogP contribution in [0, 0.1) is 0 Å². The van der Waals surface area contributed by atoms with Crippen molar-refractivity contribution in [1.82, 2.24) is 9.29 Å². The quantitative estimate of drug-likeness (QED) is 0.334. The van der Waals surface area contributed by atoms with E-state index < -0.39 is 15.9 Å². The molecule has 4 aromatic rings. The predicted octanol–water partition coefficient (Wildman–Crippen LogP) is 6.25. The number of nitrogens with one attached hydrogen (secondary N) is 1. The Hall–Kier alpha value is -2.97. The Morgan fingerprint density at radius 2 is 1.63 bits per heavy atom. The molecule has 6 nitrogen and oxygen atoms in total. The summed E-state index contributed by atoms with van der Waals surface area (Å²) >= 11 is 12.4. The van der Waals surface area contributed by atoms with E-state index in [2.05, 4.69) is 5.32 Å². The van der Waals surface area contributed by atoms with Crippen molar-refractivity contribution in [2.24, 2.45) is 0 Å². The number of hydrogen-bond donors (Lipinski definition) is 1. The van der Waals surface area contributed by atoms with Crippen molar-refractivity contribution in [3.63, 3.8) is 0 Å². The van der Waals surface area contributed by atoms with Gasteiger partial charge in [0.25, 0.3) is 5.91 Å². The molecule has 5 rings (SSSR count). The van der Waals surface area contributed by atoms with Crippen LogP contribution in [0.2, 0.25) is 10.0 Å². The summed E-state index contributed by atoms with van der Waals surface area (Å²) in [7, 11) is -3.66. The number of carbonyl (C=O) groups is 1. The highest BCUT2D eigenvalue weighted by Gasteiger charge is 2.28. The minimum absolute atomic E-state index is 0.0977. The first-order chi connectivity index (χ1) is 16.8. The van der Waals surface area contributed by atoms with Crippen LogP contribution in [0.1, 0.15) is 23.2 Å². The molecule has 0 atom stereocenters. The maximum Gasteiger partial charge on any atom is 0.256 e. The molecule has 35 heavy (non-hydrogen) atoms. The molecule has 1 saturated heterocycles. The lowest BCUT2D eigenvalue weighted by molar-refractivity contribution is 0.102. The zero-order valence-corrected chi connectivity index (χ0v) is 20.9. The third-order valence-electron chi connectivity index (χ3n) is 5.99. The molecule has 1 aliphatic heterocycles. The molecular formula is C26H21Cl2N3O3S. The van der Waals surface area contributed by atoms with Gasteiger partial charge in [-0.05, 0) is 55.3 Å². The summed E-state index contributed by atoms with van der Waals surface area (Å²) in [6.45, 7) is 0.978. The normalized spacial score (nSPS) is 14.3. The molecule has 0 radical (unpaired) electrons. The number of aromatic nitrogens is 1. The van der Waals surface area contributed by atoms with E-state index in [1.54, 1.807) is 18.2 Å². The number of amides is 1. The van der Waals surface area contributed by atoms with Crippen molar-refractivity contribution in [3.8, 4) is 11.3 Å². The summed E-state index contributed by atoms with van der Waals surface area (Å²) in [5, 5.41) is 4.32.